The molecule has 142 valence electrons. The Morgan fingerprint density at radius 1 is 1.31 bits per heavy atom. The highest BCUT2D eigenvalue weighted by Gasteiger charge is 2.19. The summed E-state index contributed by atoms with van der Waals surface area (Å²) in [6.07, 6.45) is 2.17. The number of carbonyl (C=O) groups is 2. The Morgan fingerprint density at radius 3 is 2.69 bits per heavy atom. The van der Waals surface area contributed by atoms with Gasteiger partial charge in [-0.15, -0.1) is 0 Å². The number of alkyl carbamates (subject to hydrolysis) is 1. The number of ether oxygens (including phenoxy) is 2. The molecule has 0 aliphatic carbocycles. The lowest BCUT2D eigenvalue weighted by molar-refractivity contribution is 0.0525. The summed E-state index contributed by atoms with van der Waals surface area (Å²) in [5.41, 5.74) is 1.33. The summed E-state index contributed by atoms with van der Waals surface area (Å²) < 4.78 is 12.5. The van der Waals surface area contributed by atoms with E-state index in [1.165, 1.54) is 0 Å². The van der Waals surface area contributed by atoms with Crippen molar-refractivity contribution in [2.45, 2.75) is 53.1 Å². The summed E-state index contributed by atoms with van der Waals surface area (Å²) in [5, 5.41) is 2.66. The Hall–Kier alpha value is -2.57. The lowest BCUT2D eigenvalue weighted by Crippen LogP contribution is -2.33. The Labute approximate surface area is 153 Å². The first-order chi connectivity index (χ1) is 12.2. The molecule has 0 fully saturated rings. The summed E-state index contributed by atoms with van der Waals surface area (Å²) in [5.74, 6) is 0.637. The minimum atomic E-state index is -0.536. The van der Waals surface area contributed by atoms with Gasteiger partial charge in [-0.05, 0) is 53.2 Å². The summed E-state index contributed by atoms with van der Waals surface area (Å²) in [6.45, 7) is 10.0. The number of Topliss-reactive ketones (excluding diaryl/α,β-unsaturated/α-hetero) is 1. The largest absolute Gasteiger partial charge is 0.490 e. The van der Waals surface area contributed by atoms with E-state index in [0.717, 1.165) is 0 Å². The van der Waals surface area contributed by atoms with E-state index in [-0.39, 0.29) is 5.78 Å². The predicted octanol–water partition coefficient (Wildman–Crippen LogP) is 3.53. The van der Waals surface area contributed by atoms with Crippen LogP contribution in [-0.2, 0) is 4.74 Å². The molecule has 7 heteroatoms. The smallest absolute Gasteiger partial charge is 0.407 e. The van der Waals surface area contributed by atoms with Crippen molar-refractivity contribution in [1.82, 2.24) is 14.7 Å². The molecule has 0 aliphatic heterocycles. The highest BCUT2D eigenvalue weighted by molar-refractivity contribution is 5.96. The average Bonchev–Trinajstić information content (AvgIpc) is 2.87. The third-order valence-electron chi connectivity index (χ3n) is 3.60. The van der Waals surface area contributed by atoms with Gasteiger partial charge < -0.3 is 14.8 Å². The minimum absolute atomic E-state index is 0.0189. The van der Waals surface area contributed by atoms with Gasteiger partial charge in [0.2, 0.25) is 0 Å². The van der Waals surface area contributed by atoms with Gasteiger partial charge >= 0.3 is 6.09 Å². The van der Waals surface area contributed by atoms with E-state index in [1.807, 2.05) is 32.2 Å². The number of carbonyl (C=O) groups excluding carboxylic acids is 2. The second-order valence-corrected chi connectivity index (χ2v) is 7.00. The number of aromatic nitrogens is 2. The van der Waals surface area contributed by atoms with Gasteiger partial charge in [0.25, 0.3) is 0 Å². The number of nitrogens with one attached hydrogen (secondary N) is 1. The van der Waals surface area contributed by atoms with E-state index in [9.17, 15) is 9.59 Å². The van der Waals surface area contributed by atoms with Crippen LogP contribution >= 0.6 is 0 Å². The Bertz CT molecular complexity index is 790. The number of amides is 1. The standard InChI is InChI=1S/C19H27N3O4/c1-6-25-15-10-8-12-22-16(13(2)21-17(15)22)14(23)9-7-11-20-18(24)26-19(3,4)5/h8,10,12H,6-7,9,11H2,1-5H3,(H,20,24). The number of fused-ring (bicyclic) bond motifs is 1. The maximum Gasteiger partial charge on any atom is 0.407 e. The van der Waals surface area contributed by atoms with Gasteiger partial charge in [0.1, 0.15) is 11.3 Å². The number of imidazole rings is 1. The molecule has 0 aromatic carbocycles. The van der Waals surface area contributed by atoms with Crippen LogP contribution in [0.5, 0.6) is 5.75 Å². The average molecular weight is 361 g/mol. The molecule has 2 rings (SSSR count). The van der Waals surface area contributed by atoms with Crippen LogP contribution in [0.1, 0.15) is 56.7 Å². The Morgan fingerprint density at radius 2 is 2.04 bits per heavy atom. The third kappa shape index (κ3) is 4.97. The molecule has 1 amide bonds. The van der Waals surface area contributed by atoms with Crippen LogP contribution in [0.2, 0.25) is 0 Å². The Kier molecular flexibility index (Phi) is 6.23. The number of hydrogen-bond donors (Lipinski definition) is 1. The highest BCUT2D eigenvalue weighted by atomic mass is 16.6. The fourth-order valence-corrected chi connectivity index (χ4v) is 2.63. The highest BCUT2D eigenvalue weighted by Crippen LogP contribution is 2.23. The molecule has 26 heavy (non-hydrogen) atoms. The van der Waals surface area contributed by atoms with E-state index in [4.69, 9.17) is 9.47 Å². The molecule has 2 aromatic rings. The zero-order valence-corrected chi connectivity index (χ0v) is 16.1. The van der Waals surface area contributed by atoms with Crippen molar-refractivity contribution in [3.63, 3.8) is 0 Å². The summed E-state index contributed by atoms with van der Waals surface area (Å²) in [4.78, 5) is 28.7. The van der Waals surface area contributed by atoms with Crippen molar-refractivity contribution < 1.29 is 19.1 Å². The zero-order chi connectivity index (χ0) is 19.3. The predicted molar refractivity (Wildman–Crippen MR) is 98.9 cm³/mol. The van der Waals surface area contributed by atoms with Crippen LogP contribution in [-0.4, -0.2) is 40.0 Å². The normalized spacial score (nSPS) is 11.4. The van der Waals surface area contributed by atoms with Crippen LogP contribution in [0, 0.1) is 6.92 Å². The van der Waals surface area contributed by atoms with Crippen LogP contribution in [0.25, 0.3) is 5.65 Å². The molecule has 0 bridgehead atoms. The lowest BCUT2D eigenvalue weighted by Gasteiger charge is -2.19. The van der Waals surface area contributed by atoms with E-state index >= 15 is 0 Å². The number of rotatable bonds is 7. The van der Waals surface area contributed by atoms with Gasteiger partial charge in [-0.3, -0.25) is 9.20 Å². The van der Waals surface area contributed by atoms with Gasteiger partial charge in [0.05, 0.1) is 12.3 Å². The fourth-order valence-electron chi connectivity index (χ4n) is 2.63. The number of aryl methyl sites for hydroxylation is 1. The molecule has 7 nitrogen and oxygen atoms in total. The third-order valence-corrected chi connectivity index (χ3v) is 3.60. The maximum atomic E-state index is 12.6. The van der Waals surface area contributed by atoms with Crippen molar-refractivity contribution in [3.8, 4) is 5.75 Å². The van der Waals surface area contributed by atoms with E-state index in [2.05, 4.69) is 10.3 Å². The fraction of sp³-hybridized carbons (Fsp3) is 0.526. The number of ketones is 1. The van der Waals surface area contributed by atoms with E-state index in [0.29, 0.717) is 48.8 Å². The summed E-state index contributed by atoms with van der Waals surface area (Å²) in [6, 6.07) is 3.67. The monoisotopic (exact) mass is 361 g/mol. The van der Waals surface area contributed by atoms with Gasteiger partial charge in [-0.1, -0.05) is 0 Å². The molecule has 0 radical (unpaired) electrons. The Balaban J connectivity index is 1.99. The topological polar surface area (TPSA) is 81.9 Å². The molecule has 2 heterocycles. The molecule has 0 unspecified atom stereocenters. The first kappa shape index (κ1) is 19.8. The van der Waals surface area contributed by atoms with Crippen LogP contribution in [0.15, 0.2) is 18.3 Å². The number of pyridine rings is 1. The van der Waals surface area contributed by atoms with E-state index in [1.54, 1.807) is 25.2 Å². The summed E-state index contributed by atoms with van der Waals surface area (Å²) >= 11 is 0. The first-order valence-corrected chi connectivity index (χ1v) is 8.83. The molecule has 0 saturated heterocycles. The quantitative estimate of drug-likeness (QED) is 0.603. The molecular weight excluding hydrogens is 334 g/mol. The maximum absolute atomic E-state index is 12.6. The van der Waals surface area contributed by atoms with Gasteiger partial charge in [0.15, 0.2) is 17.2 Å². The van der Waals surface area contributed by atoms with Crippen LogP contribution in [0.4, 0.5) is 4.79 Å². The van der Waals surface area contributed by atoms with Crippen molar-refractivity contribution in [2.75, 3.05) is 13.2 Å². The van der Waals surface area contributed by atoms with Crippen LogP contribution < -0.4 is 10.1 Å². The first-order valence-electron chi connectivity index (χ1n) is 8.83. The second kappa shape index (κ2) is 8.21. The van der Waals surface area contributed by atoms with Gasteiger partial charge in [-0.2, -0.15) is 0 Å². The van der Waals surface area contributed by atoms with Gasteiger partial charge in [0, 0.05) is 19.2 Å². The molecule has 0 aliphatic rings. The lowest BCUT2D eigenvalue weighted by atomic mass is 10.1. The van der Waals surface area contributed by atoms with Crippen molar-refractivity contribution in [3.05, 3.63) is 29.7 Å². The summed E-state index contributed by atoms with van der Waals surface area (Å²) in [7, 11) is 0. The molecule has 0 spiro atoms. The molecule has 0 saturated carbocycles. The SMILES string of the molecule is CCOc1cccn2c(C(=O)CCCNC(=O)OC(C)(C)C)c(C)nc12. The van der Waals surface area contributed by atoms with Crippen molar-refractivity contribution >= 4 is 17.5 Å². The number of nitrogens with zero attached hydrogens (tertiary/aromatic N) is 2. The zero-order valence-electron chi connectivity index (χ0n) is 16.1. The number of hydrogen-bond acceptors (Lipinski definition) is 5. The van der Waals surface area contributed by atoms with Crippen molar-refractivity contribution in [2.24, 2.45) is 0 Å². The van der Waals surface area contributed by atoms with E-state index < -0.39 is 11.7 Å². The molecule has 2 aromatic heterocycles. The molecule has 0 atom stereocenters. The van der Waals surface area contributed by atoms with Crippen LogP contribution in [0.3, 0.4) is 0 Å². The van der Waals surface area contributed by atoms with Gasteiger partial charge in [-0.25, -0.2) is 9.78 Å². The van der Waals surface area contributed by atoms with Crippen molar-refractivity contribution in [1.29, 1.82) is 0 Å². The molecular formula is C19H27N3O4. The molecule has 1 N–H and O–H groups in total. The minimum Gasteiger partial charge on any atom is -0.490 e. The second-order valence-electron chi connectivity index (χ2n) is 7.00.